The van der Waals surface area contributed by atoms with E-state index in [-0.39, 0.29) is 44.1 Å². The molecule has 1 aromatic rings. The van der Waals surface area contributed by atoms with Crippen LogP contribution in [0.5, 0.6) is 5.75 Å². The predicted octanol–water partition coefficient (Wildman–Crippen LogP) is 2.01. The second kappa shape index (κ2) is 4.36. The summed E-state index contributed by atoms with van der Waals surface area (Å²) < 4.78 is 0. The van der Waals surface area contributed by atoms with Crippen LogP contribution in [0.3, 0.4) is 0 Å². The third-order valence-corrected chi connectivity index (χ3v) is 1.49. The first-order chi connectivity index (χ1) is 4.20. The Morgan fingerprint density at radius 1 is 1.10 bits per heavy atom. The van der Waals surface area contributed by atoms with Gasteiger partial charge in [0.1, 0.15) is 5.75 Å². The van der Waals surface area contributed by atoms with E-state index in [1.807, 2.05) is 19.9 Å². The molecule has 0 fully saturated rings. The quantitative estimate of drug-likeness (QED) is 0.760. The van der Waals surface area contributed by atoms with Crippen LogP contribution in [0.1, 0.15) is 11.1 Å². The SMILES string of the molecule is Cc1ccc(O)cc1C.[Ac]. The molecule has 1 radical (unpaired) electrons. The van der Waals surface area contributed by atoms with Gasteiger partial charge in [-0.15, -0.1) is 0 Å². The van der Waals surface area contributed by atoms with Gasteiger partial charge in [0.05, 0.1) is 0 Å². The van der Waals surface area contributed by atoms with E-state index in [4.69, 9.17) is 5.11 Å². The third kappa shape index (κ3) is 2.60. The van der Waals surface area contributed by atoms with Gasteiger partial charge in [0, 0.05) is 44.1 Å². The fourth-order valence-corrected chi connectivity index (χ4v) is 0.726. The number of aryl methyl sites for hydroxylation is 2. The van der Waals surface area contributed by atoms with Gasteiger partial charge in [0.2, 0.25) is 0 Å². The smallest absolute Gasteiger partial charge is 0.115 e. The van der Waals surface area contributed by atoms with E-state index in [0.29, 0.717) is 5.75 Å². The van der Waals surface area contributed by atoms with E-state index >= 15 is 0 Å². The van der Waals surface area contributed by atoms with Crippen LogP contribution in [0, 0.1) is 57.9 Å². The van der Waals surface area contributed by atoms with E-state index in [2.05, 4.69) is 0 Å². The molecule has 0 saturated heterocycles. The van der Waals surface area contributed by atoms with Gasteiger partial charge in [-0.25, -0.2) is 0 Å². The molecule has 0 aromatic heterocycles. The van der Waals surface area contributed by atoms with E-state index in [9.17, 15) is 0 Å². The zero-order chi connectivity index (χ0) is 6.85. The summed E-state index contributed by atoms with van der Waals surface area (Å²) in [5, 5.41) is 8.94. The maximum Gasteiger partial charge on any atom is 0.115 e. The first-order valence-corrected chi connectivity index (χ1v) is 2.96. The summed E-state index contributed by atoms with van der Waals surface area (Å²) in [6, 6.07) is 5.36. The number of benzene rings is 1. The van der Waals surface area contributed by atoms with Gasteiger partial charge in [0.15, 0.2) is 0 Å². The zero-order valence-corrected chi connectivity index (χ0v) is 11.0. The molecule has 0 heterocycles. The van der Waals surface area contributed by atoms with Crippen molar-refractivity contribution in [1.82, 2.24) is 0 Å². The summed E-state index contributed by atoms with van der Waals surface area (Å²) in [6.45, 7) is 4.00. The van der Waals surface area contributed by atoms with Crippen molar-refractivity contribution < 1.29 is 49.2 Å². The van der Waals surface area contributed by atoms with Crippen LogP contribution in [0.4, 0.5) is 0 Å². The molecule has 1 aromatic carbocycles. The van der Waals surface area contributed by atoms with Crippen LogP contribution in [0.2, 0.25) is 0 Å². The Morgan fingerprint density at radius 3 is 2.10 bits per heavy atom. The molecule has 0 atom stereocenters. The standard InChI is InChI=1S/C8H10O.Ac/c1-6-3-4-8(9)5-7(6)2;/h3-5,9H,1-2H3;. The normalized spacial score (nSPS) is 8.60. The topological polar surface area (TPSA) is 20.2 Å². The summed E-state index contributed by atoms with van der Waals surface area (Å²) >= 11 is 0. The fourth-order valence-electron chi connectivity index (χ4n) is 0.726. The molecule has 0 saturated carbocycles. The Bertz CT molecular complexity index is 220. The van der Waals surface area contributed by atoms with E-state index in [1.54, 1.807) is 12.1 Å². The molecule has 0 unspecified atom stereocenters. The largest absolute Gasteiger partial charge is 0.508 e. The average Bonchev–Trinajstić information content (AvgIpc) is 1.80. The number of hydrogen-bond acceptors (Lipinski definition) is 1. The summed E-state index contributed by atoms with van der Waals surface area (Å²) in [5.74, 6) is 0.345. The van der Waals surface area contributed by atoms with Gasteiger partial charge in [-0.05, 0) is 37.1 Å². The van der Waals surface area contributed by atoms with Gasteiger partial charge in [-0.3, -0.25) is 0 Å². The maximum absolute atomic E-state index is 8.94. The van der Waals surface area contributed by atoms with Crippen LogP contribution < -0.4 is 0 Å². The van der Waals surface area contributed by atoms with Crippen LogP contribution in [0.25, 0.3) is 0 Å². The van der Waals surface area contributed by atoms with Gasteiger partial charge in [-0.1, -0.05) is 6.07 Å². The van der Waals surface area contributed by atoms with E-state index in [1.165, 1.54) is 5.56 Å². The Labute approximate surface area is 97.0 Å². The molecule has 0 bridgehead atoms. The van der Waals surface area contributed by atoms with Crippen molar-refractivity contribution in [2.24, 2.45) is 0 Å². The first-order valence-electron chi connectivity index (χ1n) is 2.96. The Kier molecular flexibility index (Phi) is 4.56. The minimum absolute atomic E-state index is 0. The molecular weight excluding hydrogens is 339 g/mol. The van der Waals surface area contributed by atoms with Crippen molar-refractivity contribution in [3.63, 3.8) is 0 Å². The van der Waals surface area contributed by atoms with E-state index < -0.39 is 0 Å². The Balaban J connectivity index is 0.000000810. The number of aromatic hydroxyl groups is 1. The zero-order valence-electron chi connectivity index (χ0n) is 6.26. The summed E-state index contributed by atoms with van der Waals surface area (Å²) in [4.78, 5) is 0. The van der Waals surface area contributed by atoms with Crippen molar-refractivity contribution in [2.75, 3.05) is 0 Å². The van der Waals surface area contributed by atoms with Crippen molar-refractivity contribution in [3.05, 3.63) is 29.3 Å². The minimum Gasteiger partial charge on any atom is -0.508 e. The number of rotatable bonds is 0. The maximum atomic E-state index is 8.94. The molecule has 51 valence electrons. The average molecular weight is 349 g/mol. The molecule has 0 amide bonds. The molecule has 0 aliphatic rings. The van der Waals surface area contributed by atoms with Gasteiger partial charge in [0.25, 0.3) is 0 Å². The van der Waals surface area contributed by atoms with Crippen molar-refractivity contribution in [3.8, 4) is 5.75 Å². The van der Waals surface area contributed by atoms with Gasteiger partial charge in [-0.2, -0.15) is 0 Å². The third-order valence-electron chi connectivity index (χ3n) is 1.49. The first kappa shape index (κ1) is 10.5. The molecule has 1 nitrogen and oxygen atoms in total. The molecule has 2 heteroatoms. The monoisotopic (exact) mass is 349 g/mol. The second-order valence-electron chi connectivity index (χ2n) is 2.27. The number of phenolic OH excluding ortho intramolecular Hbond substituents is 1. The van der Waals surface area contributed by atoms with Gasteiger partial charge >= 0.3 is 0 Å². The van der Waals surface area contributed by atoms with Crippen molar-refractivity contribution in [2.45, 2.75) is 13.8 Å². The van der Waals surface area contributed by atoms with Crippen LogP contribution in [0.15, 0.2) is 18.2 Å². The molecule has 1 N–H and O–H groups in total. The van der Waals surface area contributed by atoms with Crippen molar-refractivity contribution in [1.29, 1.82) is 0 Å². The van der Waals surface area contributed by atoms with E-state index in [0.717, 1.165) is 5.56 Å². The molecule has 1 rings (SSSR count). The summed E-state index contributed by atoms with van der Waals surface area (Å²) in [7, 11) is 0. The Hall–Kier alpha value is 0.462. The number of hydrogen-bond donors (Lipinski definition) is 1. The second-order valence-corrected chi connectivity index (χ2v) is 2.27. The molecule has 0 aliphatic carbocycles. The Morgan fingerprint density at radius 2 is 1.70 bits per heavy atom. The fraction of sp³-hybridized carbons (Fsp3) is 0.250. The molecule has 10 heavy (non-hydrogen) atoms. The molecule has 0 aliphatic heterocycles. The van der Waals surface area contributed by atoms with Crippen LogP contribution >= 0.6 is 0 Å². The van der Waals surface area contributed by atoms with Crippen LogP contribution in [-0.2, 0) is 0 Å². The minimum atomic E-state index is 0. The summed E-state index contributed by atoms with van der Waals surface area (Å²) in [6.07, 6.45) is 0. The molecular formula is C8H10AcO. The van der Waals surface area contributed by atoms with Gasteiger partial charge < -0.3 is 5.11 Å². The van der Waals surface area contributed by atoms with Crippen molar-refractivity contribution >= 4 is 0 Å². The number of phenols is 1. The van der Waals surface area contributed by atoms with Crippen LogP contribution in [-0.4, -0.2) is 5.11 Å². The summed E-state index contributed by atoms with van der Waals surface area (Å²) in [5.41, 5.74) is 2.35. The molecule has 0 spiro atoms. The predicted molar refractivity (Wildman–Crippen MR) is 37.6 cm³/mol.